The molecule has 0 spiro atoms. The first kappa shape index (κ1) is 11.7. The molecular formula is C13H15ClN4. The van der Waals surface area contributed by atoms with E-state index in [4.69, 9.17) is 11.6 Å². The van der Waals surface area contributed by atoms with Crippen LogP contribution in [0.1, 0.15) is 37.8 Å². The van der Waals surface area contributed by atoms with Gasteiger partial charge in [0.2, 0.25) is 0 Å². The van der Waals surface area contributed by atoms with E-state index >= 15 is 0 Å². The highest BCUT2D eigenvalue weighted by molar-refractivity contribution is 6.29. The van der Waals surface area contributed by atoms with Gasteiger partial charge < -0.3 is 4.57 Å². The molecule has 5 heteroatoms. The first-order valence-electron chi connectivity index (χ1n) is 6.33. The molecule has 0 atom stereocenters. The normalized spacial score (nSPS) is 15.0. The van der Waals surface area contributed by atoms with Crippen LogP contribution in [0.15, 0.2) is 18.6 Å². The van der Waals surface area contributed by atoms with Crippen LogP contribution >= 0.6 is 11.6 Å². The van der Waals surface area contributed by atoms with Crippen molar-refractivity contribution in [3.63, 3.8) is 0 Å². The molecule has 1 aliphatic rings. The maximum absolute atomic E-state index is 6.09. The topological polar surface area (TPSA) is 43.6 Å². The maximum atomic E-state index is 6.09. The monoisotopic (exact) mass is 262 g/mol. The fourth-order valence-corrected chi connectivity index (χ4v) is 2.26. The van der Waals surface area contributed by atoms with Gasteiger partial charge in [-0.3, -0.25) is 0 Å². The average molecular weight is 263 g/mol. The molecular weight excluding hydrogens is 248 g/mol. The lowest BCUT2D eigenvalue weighted by atomic mass is 10.2. The minimum Gasteiger partial charge on any atom is -0.328 e. The lowest BCUT2D eigenvalue weighted by Gasteiger charge is -2.07. The lowest BCUT2D eigenvalue weighted by molar-refractivity contribution is 0.681. The highest BCUT2D eigenvalue weighted by atomic mass is 35.5. The van der Waals surface area contributed by atoms with Crippen molar-refractivity contribution in [1.82, 2.24) is 19.5 Å². The Morgan fingerprint density at radius 3 is 2.94 bits per heavy atom. The molecule has 0 aromatic carbocycles. The van der Waals surface area contributed by atoms with Crippen molar-refractivity contribution in [3.05, 3.63) is 29.4 Å². The van der Waals surface area contributed by atoms with E-state index in [2.05, 4.69) is 26.4 Å². The van der Waals surface area contributed by atoms with Crippen molar-refractivity contribution in [2.24, 2.45) is 0 Å². The van der Waals surface area contributed by atoms with Crippen LogP contribution in [0, 0.1) is 0 Å². The molecule has 1 saturated carbocycles. The molecule has 2 aromatic heterocycles. The zero-order valence-corrected chi connectivity index (χ0v) is 11.1. The first-order chi connectivity index (χ1) is 8.78. The summed E-state index contributed by atoms with van der Waals surface area (Å²) in [6, 6.07) is 1.88. The molecule has 2 aromatic rings. The van der Waals surface area contributed by atoms with Crippen molar-refractivity contribution in [1.29, 1.82) is 0 Å². The molecule has 3 rings (SSSR count). The maximum Gasteiger partial charge on any atom is 0.179 e. The summed E-state index contributed by atoms with van der Waals surface area (Å²) < 4.78 is 2.07. The van der Waals surface area contributed by atoms with E-state index in [9.17, 15) is 0 Å². The van der Waals surface area contributed by atoms with Crippen LogP contribution in [0.3, 0.4) is 0 Å². The molecule has 0 aliphatic heterocycles. The van der Waals surface area contributed by atoms with Crippen LogP contribution in [0.25, 0.3) is 11.5 Å². The fourth-order valence-electron chi connectivity index (χ4n) is 2.06. The van der Waals surface area contributed by atoms with Crippen LogP contribution in [-0.4, -0.2) is 19.5 Å². The Balaban J connectivity index is 2.01. The third kappa shape index (κ3) is 2.25. The Kier molecular flexibility index (Phi) is 3.04. The predicted octanol–water partition coefficient (Wildman–Crippen LogP) is 3.28. The van der Waals surface area contributed by atoms with Gasteiger partial charge in [-0.2, -0.15) is 0 Å². The second-order valence-electron chi connectivity index (χ2n) is 4.69. The summed E-state index contributed by atoms with van der Waals surface area (Å²) in [5.41, 5.74) is 2.01. The number of nitrogens with zero attached hydrogens (tertiary/aromatic N) is 4. The van der Waals surface area contributed by atoms with E-state index in [0.29, 0.717) is 16.9 Å². The molecule has 94 valence electrons. The number of hydrogen-bond donors (Lipinski definition) is 0. The van der Waals surface area contributed by atoms with Gasteiger partial charge in [-0.15, -0.1) is 0 Å². The Hall–Kier alpha value is -1.42. The van der Waals surface area contributed by atoms with Crippen molar-refractivity contribution < 1.29 is 0 Å². The zero-order chi connectivity index (χ0) is 12.5. The molecule has 4 nitrogen and oxygen atoms in total. The SMILES string of the molecule is CCCn1cncc1-c1nc(Cl)cc(C2CC2)n1. The molecule has 0 radical (unpaired) electrons. The second-order valence-corrected chi connectivity index (χ2v) is 5.07. The van der Waals surface area contributed by atoms with Crippen LogP contribution in [-0.2, 0) is 6.54 Å². The Bertz CT molecular complexity index is 560. The largest absolute Gasteiger partial charge is 0.328 e. The number of halogens is 1. The molecule has 1 aliphatic carbocycles. The predicted molar refractivity (Wildman–Crippen MR) is 70.5 cm³/mol. The molecule has 0 saturated heterocycles. The van der Waals surface area contributed by atoms with Gasteiger partial charge >= 0.3 is 0 Å². The van der Waals surface area contributed by atoms with Crippen molar-refractivity contribution in [2.45, 2.75) is 38.6 Å². The van der Waals surface area contributed by atoms with E-state index in [0.717, 1.165) is 24.4 Å². The van der Waals surface area contributed by atoms with Gasteiger partial charge in [0.15, 0.2) is 5.82 Å². The fraction of sp³-hybridized carbons (Fsp3) is 0.462. The number of imidazole rings is 1. The first-order valence-corrected chi connectivity index (χ1v) is 6.70. The molecule has 0 bridgehead atoms. The summed E-state index contributed by atoms with van der Waals surface area (Å²) in [5.74, 6) is 1.27. The minimum atomic E-state index is 0.520. The highest BCUT2D eigenvalue weighted by Gasteiger charge is 2.26. The minimum absolute atomic E-state index is 0.520. The van der Waals surface area contributed by atoms with Gasteiger partial charge in [-0.25, -0.2) is 15.0 Å². The highest BCUT2D eigenvalue weighted by Crippen LogP contribution is 2.40. The second kappa shape index (κ2) is 4.69. The molecule has 1 fully saturated rings. The lowest BCUT2D eigenvalue weighted by Crippen LogP contribution is -2.02. The van der Waals surface area contributed by atoms with E-state index in [1.165, 1.54) is 12.8 Å². The number of hydrogen-bond acceptors (Lipinski definition) is 3. The van der Waals surface area contributed by atoms with E-state index in [-0.39, 0.29) is 0 Å². The van der Waals surface area contributed by atoms with Gasteiger partial charge in [-0.05, 0) is 25.3 Å². The number of rotatable bonds is 4. The van der Waals surface area contributed by atoms with Crippen LogP contribution < -0.4 is 0 Å². The van der Waals surface area contributed by atoms with Crippen molar-refractivity contribution in [2.75, 3.05) is 0 Å². The average Bonchev–Trinajstić information content (AvgIpc) is 3.10. The van der Waals surface area contributed by atoms with E-state index in [1.54, 1.807) is 6.20 Å². The van der Waals surface area contributed by atoms with E-state index in [1.807, 2.05) is 12.4 Å². The van der Waals surface area contributed by atoms with Gasteiger partial charge in [0.25, 0.3) is 0 Å². The van der Waals surface area contributed by atoms with Gasteiger partial charge in [-0.1, -0.05) is 18.5 Å². The van der Waals surface area contributed by atoms with Crippen LogP contribution in [0.5, 0.6) is 0 Å². The third-order valence-corrected chi connectivity index (χ3v) is 3.31. The summed E-state index contributed by atoms with van der Waals surface area (Å²) in [7, 11) is 0. The smallest absolute Gasteiger partial charge is 0.179 e. The zero-order valence-electron chi connectivity index (χ0n) is 10.3. The van der Waals surface area contributed by atoms with Gasteiger partial charge in [0.1, 0.15) is 10.8 Å². The molecule has 2 heterocycles. The summed E-state index contributed by atoms with van der Waals surface area (Å²) >= 11 is 6.09. The summed E-state index contributed by atoms with van der Waals surface area (Å²) in [5, 5.41) is 0.520. The Morgan fingerprint density at radius 2 is 2.22 bits per heavy atom. The van der Waals surface area contributed by atoms with Crippen molar-refractivity contribution in [3.8, 4) is 11.5 Å². The number of aryl methyl sites for hydroxylation is 1. The Morgan fingerprint density at radius 1 is 1.39 bits per heavy atom. The van der Waals surface area contributed by atoms with Gasteiger partial charge in [0, 0.05) is 18.2 Å². The van der Waals surface area contributed by atoms with Crippen LogP contribution in [0.2, 0.25) is 5.15 Å². The Labute approximate surface area is 111 Å². The van der Waals surface area contributed by atoms with Crippen molar-refractivity contribution >= 4 is 11.6 Å². The molecule has 18 heavy (non-hydrogen) atoms. The molecule has 0 N–H and O–H groups in total. The third-order valence-electron chi connectivity index (χ3n) is 3.12. The quantitative estimate of drug-likeness (QED) is 0.794. The van der Waals surface area contributed by atoms with Crippen LogP contribution in [0.4, 0.5) is 0 Å². The van der Waals surface area contributed by atoms with E-state index < -0.39 is 0 Å². The summed E-state index contributed by atoms with van der Waals surface area (Å²) in [6.07, 6.45) is 7.10. The molecule has 0 amide bonds. The van der Waals surface area contributed by atoms with Gasteiger partial charge in [0.05, 0.1) is 12.5 Å². The number of aromatic nitrogens is 4. The summed E-state index contributed by atoms with van der Waals surface area (Å²) in [4.78, 5) is 13.1. The summed E-state index contributed by atoms with van der Waals surface area (Å²) in [6.45, 7) is 3.06. The standard InChI is InChI=1S/C13H15ClN4/c1-2-5-18-8-15-7-11(18)13-16-10(9-3-4-9)6-12(14)17-13/h6-9H,2-5H2,1H3. The molecule has 0 unspecified atom stereocenters.